The molecule has 3 nitrogen and oxygen atoms in total. The lowest BCUT2D eigenvalue weighted by Crippen LogP contribution is -1.96. The molecule has 0 aliphatic heterocycles. The fraction of sp³-hybridized carbons (Fsp3) is 0.222. The lowest BCUT2D eigenvalue weighted by molar-refractivity contribution is 0.340. The minimum absolute atomic E-state index is 0.371. The van der Waals surface area contributed by atoms with Gasteiger partial charge in [0.1, 0.15) is 11.8 Å². The number of rotatable bonds is 2. The summed E-state index contributed by atoms with van der Waals surface area (Å²) < 4.78 is 5.20. The van der Waals surface area contributed by atoms with Crippen molar-refractivity contribution in [3.8, 4) is 11.8 Å². The van der Waals surface area contributed by atoms with Crippen molar-refractivity contribution in [1.29, 1.82) is 5.26 Å². The van der Waals surface area contributed by atoms with Gasteiger partial charge in [-0.3, -0.25) is 0 Å². The van der Waals surface area contributed by atoms with Crippen LogP contribution in [0.5, 0.6) is 5.75 Å². The highest BCUT2D eigenvalue weighted by atomic mass is 35.5. The lowest BCUT2D eigenvalue weighted by Gasteiger charge is -2.06. The monoisotopic (exact) mass is 196 g/mol. The van der Waals surface area contributed by atoms with Gasteiger partial charge in [-0.2, -0.15) is 5.26 Å². The lowest BCUT2D eigenvalue weighted by atomic mass is 10.2. The molecule has 0 aromatic heterocycles. The van der Waals surface area contributed by atoms with E-state index in [0.29, 0.717) is 28.6 Å². The summed E-state index contributed by atoms with van der Waals surface area (Å²) in [5.74, 6) is 0.495. The minimum Gasteiger partial charge on any atom is -0.492 e. The van der Waals surface area contributed by atoms with Crippen molar-refractivity contribution in [2.75, 3.05) is 12.3 Å². The number of nitrogen functional groups attached to an aromatic ring is 1. The summed E-state index contributed by atoms with van der Waals surface area (Å²) in [7, 11) is 0. The van der Waals surface area contributed by atoms with E-state index in [-0.39, 0.29) is 0 Å². The third-order valence-electron chi connectivity index (χ3n) is 1.52. The fourth-order valence-electron chi connectivity index (χ4n) is 0.932. The van der Waals surface area contributed by atoms with Crippen molar-refractivity contribution >= 4 is 17.3 Å². The minimum atomic E-state index is 0.371. The summed E-state index contributed by atoms with van der Waals surface area (Å²) in [5, 5.41) is 9.10. The Hall–Kier alpha value is -1.40. The highest BCUT2D eigenvalue weighted by Gasteiger charge is 2.06. The zero-order valence-electron chi connectivity index (χ0n) is 7.17. The summed E-state index contributed by atoms with van der Waals surface area (Å²) in [5.41, 5.74) is 6.29. The van der Waals surface area contributed by atoms with Crippen molar-refractivity contribution in [3.05, 3.63) is 22.7 Å². The van der Waals surface area contributed by atoms with Crippen LogP contribution in [-0.4, -0.2) is 6.61 Å². The predicted molar refractivity (Wildman–Crippen MR) is 51.7 cm³/mol. The smallest absolute Gasteiger partial charge is 0.139 e. The Balaban J connectivity index is 3.16. The van der Waals surface area contributed by atoms with Gasteiger partial charge in [-0.1, -0.05) is 11.6 Å². The zero-order valence-corrected chi connectivity index (χ0v) is 7.93. The molecular weight excluding hydrogens is 188 g/mol. The van der Waals surface area contributed by atoms with E-state index in [9.17, 15) is 0 Å². The first kappa shape index (κ1) is 9.69. The molecular formula is C9H9ClN2O. The molecule has 0 spiro atoms. The predicted octanol–water partition coefficient (Wildman–Crippen LogP) is 2.19. The Kier molecular flexibility index (Phi) is 2.99. The van der Waals surface area contributed by atoms with Crippen molar-refractivity contribution < 1.29 is 4.74 Å². The Morgan fingerprint density at radius 1 is 1.62 bits per heavy atom. The number of nitrogens with zero attached hydrogens (tertiary/aromatic N) is 1. The highest BCUT2D eigenvalue weighted by molar-refractivity contribution is 6.32. The van der Waals surface area contributed by atoms with E-state index in [1.165, 1.54) is 6.07 Å². The van der Waals surface area contributed by atoms with Gasteiger partial charge in [0.2, 0.25) is 0 Å². The molecule has 0 radical (unpaired) electrons. The maximum atomic E-state index is 8.67. The quantitative estimate of drug-likeness (QED) is 0.738. The topological polar surface area (TPSA) is 59.0 Å². The van der Waals surface area contributed by atoms with E-state index in [0.717, 1.165) is 0 Å². The molecule has 0 fully saturated rings. The second-order valence-corrected chi connectivity index (χ2v) is 2.82. The van der Waals surface area contributed by atoms with Crippen LogP contribution in [0.1, 0.15) is 12.5 Å². The summed E-state index contributed by atoms with van der Waals surface area (Å²) in [6.45, 7) is 2.35. The molecule has 0 atom stereocenters. The second kappa shape index (κ2) is 4.01. The van der Waals surface area contributed by atoms with Crippen LogP contribution < -0.4 is 10.5 Å². The van der Waals surface area contributed by atoms with Crippen molar-refractivity contribution in [2.24, 2.45) is 0 Å². The Labute approximate surface area is 81.7 Å². The Morgan fingerprint density at radius 3 is 2.85 bits per heavy atom. The molecule has 68 valence electrons. The van der Waals surface area contributed by atoms with Crippen LogP contribution in [0.15, 0.2) is 12.1 Å². The van der Waals surface area contributed by atoms with Crippen LogP contribution in [0.4, 0.5) is 5.69 Å². The molecule has 0 unspecified atom stereocenters. The van der Waals surface area contributed by atoms with Crippen molar-refractivity contribution in [3.63, 3.8) is 0 Å². The number of nitrogens with two attached hydrogens (primary N) is 1. The van der Waals surface area contributed by atoms with E-state index in [1.807, 2.05) is 13.0 Å². The first-order chi connectivity index (χ1) is 6.19. The van der Waals surface area contributed by atoms with Gasteiger partial charge in [0.25, 0.3) is 0 Å². The molecule has 0 aliphatic rings. The van der Waals surface area contributed by atoms with Crippen molar-refractivity contribution in [2.45, 2.75) is 6.92 Å². The maximum Gasteiger partial charge on any atom is 0.139 e. The molecule has 1 aromatic carbocycles. The Morgan fingerprint density at radius 2 is 2.31 bits per heavy atom. The third-order valence-corrected chi connectivity index (χ3v) is 1.82. The van der Waals surface area contributed by atoms with Crippen LogP contribution in [0.2, 0.25) is 5.02 Å². The number of hydrogen-bond acceptors (Lipinski definition) is 3. The molecule has 0 heterocycles. The molecule has 4 heteroatoms. The summed E-state index contributed by atoms with van der Waals surface area (Å²) in [6, 6.07) is 5.02. The average Bonchev–Trinajstić information content (AvgIpc) is 2.10. The SMILES string of the molecule is CCOc1cc(C#N)c(N)cc1Cl. The average molecular weight is 197 g/mol. The molecule has 1 rings (SSSR count). The molecule has 0 saturated carbocycles. The molecule has 13 heavy (non-hydrogen) atoms. The van der Waals surface area contributed by atoms with E-state index < -0.39 is 0 Å². The first-order valence-electron chi connectivity index (χ1n) is 3.81. The number of anilines is 1. The second-order valence-electron chi connectivity index (χ2n) is 2.41. The summed E-state index contributed by atoms with van der Waals surface area (Å²) in [4.78, 5) is 0. The standard InChI is InChI=1S/C9H9ClN2O/c1-2-13-9-3-6(5-11)8(12)4-7(9)10/h3-4H,2,12H2,1H3. The summed E-state index contributed by atoms with van der Waals surface area (Å²) >= 11 is 5.82. The molecule has 2 N–H and O–H groups in total. The molecule has 0 aliphatic carbocycles. The first-order valence-corrected chi connectivity index (χ1v) is 4.18. The molecule has 0 saturated heterocycles. The van der Waals surface area contributed by atoms with Crippen molar-refractivity contribution in [1.82, 2.24) is 0 Å². The number of ether oxygens (including phenoxy) is 1. The maximum absolute atomic E-state index is 8.67. The van der Waals surface area contributed by atoms with E-state index in [1.54, 1.807) is 6.07 Å². The fourth-order valence-corrected chi connectivity index (χ4v) is 1.16. The number of hydrogen-bond donors (Lipinski definition) is 1. The highest BCUT2D eigenvalue weighted by Crippen LogP contribution is 2.29. The van der Waals surface area contributed by atoms with Gasteiger partial charge in [0, 0.05) is 6.07 Å². The largest absolute Gasteiger partial charge is 0.492 e. The van der Waals surface area contributed by atoms with Crippen LogP contribution in [0.25, 0.3) is 0 Å². The van der Waals surface area contributed by atoms with Crippen LogP contribution in [0.3, 0.4) is 0 Å². The molecule has 1 aromatic rings. The molecule has 0 amide bonds. The van der Waals surface area contributed by atoms with Gasteiger partial charge >= 0.3 is 0 Å². The van der Waals surface area contributed by atoms with Crippen LogP contribution in [-0.2, 0) is 0 Å². The van der Waals surface area contributed by atoms with Crippen LogP contribution in [0, 0.1) is 11.3 Å². The van der Waals surface area contributed by atoms with Gasteiger partial charge < -0.3 is 10.5 Å². The van der Waals surface area contributed by atoms with E-state index in [4.69, 9.17) is 27.3 Å². The van der Waals surface area contributed by atoms with E-state index in [2.05, 4.69) is 0 Å². The normalized spacial score (nSPS) is 9.31. The third kappa shape index (κ3) is 2.04. The number of nitriles is 1. The molecule has 0 bridgehead atoms. The zero-order chi connectivity index (χ0) is 9.84. The van der Waals surface area contributed by atoms with Gasteiger partial charge in [0.05, 0.1) is 22.9 Å². The Bertz CT molecular complexity index is 357. The van der Waals surface area contributed by atoms with E-state index >= 15 is 0 Å². The number of halogens is 1. The van der Waals surface area contributed by atoms with Gasteiger partial charge in [-0.25, -0.2) is 0 Å². The van der Waals surface area contributed by atoms with Gasteiger partial charge in [-0.15, -0.1) is 0 Å². The van der Waals surface area contributed by atoms with Crippen LogP contribution >= 0.6 is 11.6 Å². The van der Waals surface area contributed by atoms with Gasteiger partial charge in [0.15, 0.2) is 0 Å². The summed E-state index contributed by atoms with van der Waals surface area (Å²) in [6.07, 6.45) is 0. The number of benzene rings is 1. The van der Waals surface area contributed by atoms with Gasteiger partial charge in [-0.05, 0) is 13.0 Å².